The highest BCUT2D eigenvalue weighted by molar-refractivity contribution is 9.09. The zero-order valence-corrected chi connectivity index (χ0v) is 18.4. The van der Waals surface area contributed by atoms with Crippen LogP contribution in [0.5, 0.6) is 0 Å². The average molecular weight is 472 g/mol. The topological polar surface area (TPSA) is 54.5 Å². The number of aryl methyl sites for hydroxylation is 1. The third-order valence-electron chi connectivity index (χ3n) is 5.70. The molecule has 150 valence electrons. The lowest BCUT2D eigenvalue weighted by molar-refractivity contribution is -0.110. The molecule has 1 aliphatic heterocycles. The molecule has 2 aromatic rings. The van der Waals surface area contributed by atoms with Gasteiger partial charge < -0.3 is 0 Å². The van der Waals surface area contributed by atoms with Gasteiger partial charge in [0.05, 0.1) is 4.90 Å². The monoisotopic (exact) mass is 471 g/mol. The molecule has 2 aromatic carbocycles. The van der Waals surface area contributed by atoms with E-state index in [0.717, 1.165) is 11.1 Å². The largest absolute Gasteiger partial charge is 0.290 e. The normalized spacial score (nSPS) is 24.1. The molecule has 0 N–H and O–H groups in total. The standard InChI is InChI=1S/C23H22BrNO3S/c1-17-7-9-20(10-8-17)29(27,28)25-15-21(24)22(18-5-3-2-4-6-18)23(16-25)13-11-19(26)12-14-23/h2-14,21-22H,15-16H2,1H3/t21-,22+/m1/s1. The van der Waals surface area contributed by atoms with E-state index in [1.165, 1.54) is 4.31 Å². The Kier molecular flexibility index (Phi) is 5.36. The molecule has 1 heterocycles. The molecule has 1 aliphatic carbocycles. The first-order chi connectivity index (χ1) is 13.8. The number of piperidine rings is 1. The highest BCUT2D eigenvalue weighted by Crippen LogP contribution is 2.49. The molecule has 1 saturated heterocycles. The van der Waals surface area contributed by atoms with Crippen LogP contribution in [-0.2, 0) is 14.8 Å². The minimum Gasteiger partial charge on any atom is -0.290 e. The summed E-state index contributed by atoms with van der Waals surface area (Å²) < 4.78 is 28.3. The number of benzene rings is 2. The minimum absolute atomic E-state index is 0.00812. The number of ketones is 1. The summed E-state index contributed by atoms with van der Waals surface area (Å²) in [6.07, 6.45) is 6.85. The zero-order valence-electron chi connectivity index (χ0n) is 16.0. The Hall–Kier alpha value is -2.02. The lowest BCUT2D eigenvalue weighted by atomic mass is 9.66. The number of hydrogen-bond donors (Lipinski definition) is 0. The number of sulfonamides is 1. The molecule has 0 bridgehead atoms. The van der Waals surface area contributed by atoms with Crippen molar-refractivity contribution in [2.75, 3.05) is 13.1 Å². The summed E-state index contributed by atoms with van der Waals surface area (Å²) in [5.74, 6) is -0.0687. The summed E-state index contributed by atoms with van der Waals surface area (Å²) in [4.78, 5) is 12.0. The van der Waals surface area contributed by atoms with Crippen molar-refractivity contribution in [3.63, 3.8) is 0 Å². The molecule has 2 atom stereocenters. The van der Waals surface area contributed by atoms with Gasteiger partial charge in [0.1, 0.15) is 0 Å². The van der Waals surface area contributed by atoms with Crippen LogP contribution >= 0.6 is 15.9 Å². The Morgan fingerprint density at radius 2 is 1.62 bits per heavy atom. The Labute approximate surface area is 180 Å². The summed E-state index contributed by atoms with van der Waals surface area (Å²) in [5.41, 5.74) is 1.53. The molecule has 1 fully saturated rings. The third-order valence-corrected chi connectivity index (χ3v) is 8.35. The van der Waals surface area contributed by atoms with Gasteiger partial charge in [0, 0.05) is 29.2 Å². The molecule has 6 heteroatoms. The van der Waals surface area contributed by atoms with Crippen molar-refractivity contribution in [2.24, 2.45) is 5.41 Å². The number of allylic oxidation sites excluding steroid dienone is 2. The van der Waals surface area contributed by atoms with Crippen molar-refractivity contribution in [2.45, 2.75) is 22.6 Å². The predicted octanol–water partition coefficient (Wildman–Crippen LogP) is 4.23. The first kappa shape index (κ1) is 20.3. The van der Waals surface area contributed by atoms with Gasteiger partial charge in [-0.3, -0.25) is 4.79 Å². The second-order valence-electron chi connectivity index (χ2n) is 7.70. The van der Waals surface area contributed by atoms with Crippen molar-refractivity contribution in [1.82, 2.24) is 4.31 Å². The van der Waals surface area contributed by atoms with Gasteiger partial charge in [-0.05, 0) is 36.8 Å². The molecule has 2 aliphatic rings. The van der Waals surface area contributed by atoms with Crippen molar-refractivity contribution in [3.05, 3.63) is 90.0 Å². The highest BCUT2D eigenvalue weighted by Gasteiger charge is 2.49. The van der Waals surface area contributed by atoms with Gasteiger partial charge in [0.2, 0.25) is 10.0 Å². The summed E-state index contributed by atoms with van der Waals surface area (Å²) in [5, 5.41) is 0. The number of hydrogen-bond acceptors (Lipinski definition) is 3. The van der Waals surface area contributed by atoms with Gasteiger partial charge in [-0.15, -0.1) is 0 Å². The number of carbonyl (C=O) groups is 1. The van der Waals surface area contributed by atoms with Crippen LogP contribution in [0.15, 0.2) is 83.8 Å². The van der Waals surface area contributed by atoms with Crippen molar-refractivity contribution in [1.29, 1.82) is 0 Å². The van der Waals surface area contributed by atoms with E-state index >= 15 is 0 Å². The van der Waals surface area contributed by atoms with Gasteiger partial charge in [-0.25, -0.2) is 8.42 Å². The van der Waals surface area contributed by atoms with E-state index in [2.05, 4.69) is 28.1 Å². The minimum atomic E-state index is -3.66. The maximum absolute atomic E-state index is 13.4. The molecule has 0 unspecified atom stereocenters. The Bertz CT molecular complexity index is 1060. The van der Waals surface area contributed by atoms with Crippen molar-refractivity contribution >= 4 is 31.7 Å². The SMILES string of the molecule is Cc1ccc(S(=O)(=O)N2C[C@@H](Br)[C@H](c3ccccc3)C3(C=CC(=O)C=C3)C2)cc1. The predicted molar refractivity (Wildman–Crippen MR) is 118 cm³/mol. The van der Waals surface area contributed by atoms with E-state index in [-0.39, 0.29) is 28.0 Å². The summed E-state index contributed by atoms with van der Waals surface area (Å²) >= 11 is 3.78. The van der Waals surface area contributed by atoms with Crippen LogP contribution in [0.3, 0.4) is 0 Å². The van der Waals surface area contributed by atoms with E-state index in [4.69, 9.17) is 0 Å². The van der Waals surface area contributed by atoms with Gasteiger partial charge in [-0.2, -0.15) is 4.31 Å². The Morgan fingerprint density at radius 1 is 1.00 bits per heavy atom. The van der Waals surface area contributed by atoms with Gasteiger partial charge in [0.25, 0.3) is 0 Å². The van der Waals surface area contributed by atoms with Gasteiger partial charge in [0.15, 0.2) is 5.78 Å². The summed E-state index contributed by atoms with van der Waals surface area (Å²) in [6, 6.07) is 17.0. The lowest BCUT2D eigenvalue weighted by Crippen LogP contribution is -2.53. The second-order valence-corrected chi connectivity index (χ2v) is 10.8. The van der Waals surface area contributed by atoms with Crippen LogP contribution < -0.4 is 0 Å². The van der Waals surface area contributed by atoms with Gasteiger partial charge >= 0.3 is 0 Å². The maximum atomic E-state index is 13.4. The molecule has 4 rings (SSSR count). The molecular weight excluding hydrogens is 450 g/mol. The highest BCUT2D eigenvalue weighted by atomic mass is 79.9. The fraction of sp³-hybridized carbons (Fsp3) is 0.261. The molecular formula is C23H22BrNO3S. The summed E-state index contributed by atoms with van der Waals surface area (Å²) in [7, 11) is -3.66. The zero-order chi connectivity index (χ0) is 20.6. The van der Waals surface area contributed by atoms with E-state index in [1.807, 2.05) is 49.4 Å². The van der Waals surface area contributed by atoms with Crippen LogP contribution in [0.4, 0.5) is 0 Å². The molecule has 0 saturated carbocycles. The van der Waals surface area contributed by atoms with Crippen LogP contribution in [0, 0.1) is 12.3 Å². The molecule has 0 radical (unpaired) electrons. The fourth-order valence-corrected chi connectivity index (χ4v) is 7.09. The molecule has 0 aromatic heterocycles. The Morgan fingerprint density at radius 3 is 2.24 bits per heavy atom. The van der Waals surface area contributed by atoms with Crippen LogP contribution in [0.1, 0.15) is 17.0 Å². The smallest absolute Gasteiger partial charge is 0.243 e. The van der Waals surface area contributed by atoms with Crippen LogP contribution in [-0.4, -0.2) is 36.4 Å². The first-order valence-electron chi connectivity index (χ1n) is 9.50. The quantitative estimate of drug-likeness (QED) is 0.629. The molecule has 0 amide bonds. The molecule has 4 nitrogen and oxygen atoms in total. The average Bonchev–Trinajstić information content (AvgIpc) is 2.71. The van der Waals surface area contributed by atoms with Crippen molar-refractivity contribution in [3.8, 4) is 0 Å². The molecule has 1 spiro atoms. The van der Waals surface area contributed by atoms with E-state index < -0.39 is 15.4 Å². The second kappa shape index (κ2) is 7.67. The number of rotatable bonds is 3. The van der Waals surface area contributed by atoms with E-state index in [9.17, 15) is 13.2 Å². The van der Waals surface area contributed by atoms with Crippen LogP contribution in [0.25, 0.3) is 0 Å². The molecule has 29 heavy (non-hydrogen) atoms. The van der Waals surface area contributed by atoms with Crippen LogP contribution in [0.2, 0.25) is 0 Å². The lowest BCUT2D eigenvalue weighted by Gasteiger charge is -2.48. The van der Waals surface area contributed by atoms with E-state index in [0.29, 0.717) is 6.54 Å². The maximum Gasteiger partial charge on any atom is 0.243 e. The number of carbonyl (C=O) groups excluding carboxylic acids is 1. The summed E-state index contributed by atoms with van der Waals surface area (Å²) in [6.45, 7) is 2.57. The number of halogens is 1. The van der Waals surface area contributed by atoms with Gasteiger partial charge in [-0.1, -0.05) is 76.1 Å². The fourth-order valence-electron chi connectivity index (χ4n) is 4.23. The number of alkyl halides is 1. The Balaban J connectivity index is 1.77. The third kappa shape index (κ3) is 3.77. The van der Waals surface area contributed by atoms with E-state index in [1.54, 1.807) is 24.3 Å². The van der Waals surface area contributed by atoms with Crippen molar-refractivity contribution < 1.29 is 13.2 Å². The number of nitrogens with zero attached hydrogens (tertiary/aromatic N) is 1. The first-order valence-corrected chi connectivity index (χ1v) is 11.9.